The summed E-state index contributed by atoms with van der Waals surface area (Å²) >= 11 is 0. The van der Waals surface area contributed by atoms with Crippen LogP contribution in [0.5, 0.6) is 0 Å². The second kappa shape index (κ2) is 6.58. The number of methoxy groups -OCH3 is 1. The molecule has 1 fully saturated rings. The van der Waals surface area contributed by atoms with E-state index >= 15 is 0 Å². The molecule has 0 spiro atoms. The fourth-order valence-corrected chi connectivity index (χ4v) is 3.09. The van der Waals surface area contributed by atoms with Gasteiger partial charge in [0.15, 0.2) is 0 Å². The average molecular weight is 228 g/mol. The fourth-order valence-electron chi connectivity index (χ4n) is 3.09. The van der Waals surface area contributed by atoms with Crippen molar-refractivity contribution in [1.29, 1.82) is 0 Å². The monoisotopic (exact) mass is 228 g/mol. The lowest BCUT2D eigenvalue weighted by molar-refractivity contribution is 0.0280. The normalized spacial score (nSPS) is 30.9. The first kappa shape index (κ1) is 13.9. The van der Waals surface area contributed by atoms with E-state index in [-0.39, 0.29) is 5.54 Å². The van der Waals surface area contributed by atoms with Crippen LogP contribution in [0.2, 0.25) is 0 Å². The highest BCUT2D eigenvalue weighted by molar-refractivity contribution is 4.97. The van der Waals surface area contributed by atoms with Gasteiger partial charge in [-0.05, 0) is 32.2 Å². The van der Waals surface area contributed by atoms with Crippen molar-refractivity contribution in [3.8, 4) is 0 Å². The largest absolute Gasteiger partial charge is 0.385 e. The van der Waals surface area contributed by atoms with Crippen LogP contribution >= 0.6 is 0 Å². The maximum absolute atomic E-state index is 6.06. The zero-order valence-corrected chi connectivity index (χ0v) is 11.2. The van der Waals surface area contributed by atoms with Crippen LogP contribution in [-0.4, -0.2) is 44.3 Å². The van der Waals surface area contributed by atoms with Gasteiger partial charge in [0.05, 0.1) is 0 Å². The Morgan fingerprint density at radius 3 is 2.75 bits per heavy atom. The molecule has 0 heterocycles. The summed E-state index contributed by atoms with van der Waals surface area (Å²) in [7, 11) is 3.99. The topological polar surface area (TPSA) is 38.5 Å². The van der Waals surface area contributed by atoms with Gasteiger partial charge < -0.3 is 10.5 Å². The van der Waals surface area contributed by atoms with Gasteiger partial charge in [-0.2, -0.15) is 0 Å². The van der Waals surface area contributed by atoms with Crippen LogP contribution in [0, 0.1) is 5.92 Å². The van der Waals surface area contributed by atoms with E-state index < -0.39 is 0 Å². The highest BCUT2D eigenvalue weighted by atomic mass is 16.5. The van der Waals surface area contributed by atoms with Crippen molar-refractivity contribution < 1.29 is 4.74 Å². The van der Waals surface area contributed by atoms with Crippen LogP contribution < -0.4 is 5.73 Å². The van der Waals surface area contributed by atoms with E-state index in [1.165, 1.54) is 25.7 Å². The average Bonchev–Trinajstić information content (AvgIpc) is 2.30. The number of likely N-dealkylation sites (N-methyl/N-ethyl adjacent to an activating group) is 1. The van der Waals surface area contributed by atoms with Crippen LogP contribution in [0.1, 0.15) is 39.0 Å². The van der Waals surface area contributed by atoms with Gasteiger partial charge in [-0.15, -0.1) is 0 Å². The van der Waals surface area contributed by atoms with Crippen molar-refractivity contribution in [2.75, 3.05) is 33.9 Å². The molecule has 0 aromatic carbocycles. The van der Waals surface area contributed by atoms with E-state index in [0.717, 1.165) is 32.0 Å². The lowest BCUT2D eigenvalue weighted by Crippen LogP contribution is -2.58. The molecule has 16 heavy (non-hydrogen) atoms. The molecular weight excluding hydrogens is 200 g/mol. The summed E-state index contributed by atoms with van der Waals surface area (Å²) in [6.45, 7) is 5.09. The van der Waals surface area contributed by atoms with E-state index in [1.54, 1.807) is 7.11 Å². The second-order valence-corrected chi connectivity index (χ2v) is 5.22. The Morgan fingerprint density at radius 1 is 1.44 bits per heavy atom. The summed E-state index contributed by atoms with van der Waals surface area (Å²) in [5, 5.41) is 0. The number of hydrogen-bond acceptors (Lipinski definition) is 3. The molecule has 3 nitrogen and oxygen atoms in total. The third kappa shape index (κ3) is 2.96. The minimum absolute atomic E-state index is 0.242. The van der Waals surface area contributed by atoms with Crippen molar-refractivity contribution in [3.05, 3.63) is 0 Å². The molecule has 0 bridgehead atoms. The molecule has 2 atom stereocenters. The van der Waals surface area contributed by atoms with Crippen LogP contribution in [0.15, 0.2) is 0 Å². The van der Waals surface area contributed by atoms with Gasteiger partial charge in [0.25, 0.3) is 0 Å². The molecule has 0 aliphatic heterocycles. The van der Waals surface area contributed by atoms with Crippen molar-refractivity contribution >= 4 is 0 Å². The molecule has 3 heteroatoms. The number of nitrogens with zero attached hydrogens (tertiary/aromatic N) is 1. The first-order valence-electron chi connectivity index (χ1n) is 6.57. The van der Waals surface area contributed by atoms with E-state index in [0.29, 0.717) is 0 Å². The fraction of sp³-hybridized carbons (Fsp3) is 1.00. The molecule has 0 aromatic rings. The number of rotatable bonds is 6. The summed E-state index contributed by atoms with van der Waals surface area (Å²) in [6, 6.07) is 0. The summed E-state index contributed by atoms with van der Waals surface area (Å²) < 4.78 is 5.12. The van der Waals surface area contributed by atoms with Crippen LogP contribution in [-0.2, 0) is 4.74 Å². The molecule has 2 unspecified atom stereocenters. The zero-order valence-electron chi connectivity index (χ0n) is 11.2. The Morgan fingerprint density at radius 2 is 2.19 bits per heavy atom. The third-order valence-electron chi connectivity index (χ3n) is 4.37. The molecule has 2 N–H and O–H groups in total. The minimum Gasteiger partial charge on any atom is -0.385 e. The van der Waals surface area contributed by atoms with E-state index in [4.69, 9.17) is 10.5 Å². The Hall–Kier alpha value is -0.120. The number of hydrogen-bond donors (Lipinski definition) is 1. The Labute approximate surface area is 100 Å². The Kier molecular flexibility index (Phi) is 5.73. The van der Waals surface area contributed by atoms with Gasteiger partial charge in [0.1, 0.15) is 0 Å². The number of ether oxygens (including phenoxy) is 1. The molecule has 1 aliphatic carbocycles. The Balaban J connectivity index is 2.55. The lowest BCUT2D eigenvalue weighted by atomic mass is 9.72. The SMILES string of the molecule is COCCCN(C)C1(CN)CCCCC1C. The molecule has 1 rings (SSSR count). The third-order valence-corrected chi connectivity index (χ3v) is 4.37. The summed E-state index contributed by atoms with van der Waals surface area (Å²) in [4.78, 5) is 2.48. The maximum atomic E-state index is 6.06. The molecule has 96 valence electrons. The van der Waals surface area contributed by atoms with E-state index in [9.17, 15) is 0 Å². The van der Waals surface area contributed by atoms with Crippen molar-refractivity contribution in [1.82, 2.24) is 4.90 Å². The first-order chi connectivity index (χ1) is 7.67. The van der Waals surface area contributed by atoms with Gasteiger partial charge in [0.2, 0.25) is 0 Å². The summed E-state index contributed by atoms with van der Waals surface area (Å²) in [5.74, 6) is 0.721. The minimum atomic E-state index is 0.242. The maximum Gasteiger partial charge on any atom is 0.0474 e. The van der Waals surface area contributed by atoms with Gasteiger partial charge in [-0.25, -0.2) is 0 Å². The molecule has 0 saturated heterocycles. The molecule has 0 amide bonds. The highest BCUT2D eigenvalue weighted by Gasteiger charge is 2.39. The Bertz CT molecular complexity index is 198. The van der Waals surface area contributed by atoms with Gasteiger partial charge >= 0.3 is 0 Å². The van der Waals surface area contributed by atoms with Gasteiger partial charge in [0, 0.05) is 32.3 Å². The molecular formula is C13H28N2O. The molecule has 1 aliphatic rings. The van der Waals surface area contributed by atoms with Crippen LogP contribution in [0.25, 0.3) is 0 Å². The molecule has 0 radical (unpaired) electrons. The van der Waals surface area contributed by atoms with Crippen LogP contribution in [0.3, 0.4) is 0 Å². The van der Waals surface area contributed by atoms with Gasteiger partial charge in [-0.3, -0.25) is 4.90 Å². The lowest BCUT2D eigenvalue weighted by Gasteiger charge is -2.48. The smallest absolute Gasteiger partial charge is 0.0474 e. The summed E-state index contributed by atoms with van der Waals surface area (Å²) in [5.41, 5.74) is 6.30. The zero-order chi connectivity index (χ0) is 12.0. The quantitative estimate of drug-likeness (QED) is 0.705. The van der Waals surface area contributed by atoms with E-state index in [1.807, 2.05) is 0 Å². The molecule has 1 saturated carbocycles. The number of nitrogens with two attached hydrogens (primary N) is 1. The standard InChI is InChI=1S/C13H28N2O/c1-12-7-4-5-8-13(12,11-14)15(2)9-6-10-16-3/h12H,4-11,14H2,1-3H3. The predicted molar refractivity (Wildman–Crippen MR) is 68.5 cm³/mol. The van der Waals surface area contributed by atoms with Gasteiger partial charge in [-0.1, -0.05) is 19.8 Å². The predicted octanol–water partition coefficient (Wildman–Crippen LogP) is 1.86. The highest BCUT2D eigenvalue weighted by Crippen LogP contribution is 2.37. The summed E-state index contributed by atoms with van der Waals surface area (Å²) in [6.07, 6.45) is 6.38. The van der Waals surface area contributed by atoms with Crippen molar-refractivity contribution in [2.45, 2.75) is 44.6 Å². The second-order valence-electron chi connectivity index (χ2n) is 5.22. The molecule has 0 aromatic heterocycles. The first-order valence-corrected chi connectivity index (χ1v) is 6.57. The van der Waals surface area contributed by atoms with Crippen LogP contribution in [0.4, 0.5) is 0 Å². The van der Waals surface area contributed by atoms with Crippen molar-refractivity contribution in [2.24, 2.45) is 11.7 Å². The van der Waals surface area contributed by atoms with E-state index in [2.05, 4.69) is 18.9 Å². The van der Waals surface area contributed by atoms with Crippen molar-refractivity contribution in [3.63, 3.8) is 0 Å².